The number of rotatable bonds is 6. The van der Waals surface area contributed by atoms with Crippen LogP contribution in [0.25, 0.3) is 0 Å². The summed E-state index contributed by atoms with van der Waals surface area (Å²) in [7, 11) is 0. The summed E-state index contributed by atoms with van der Waals surface area (Å²) >= 11 is 0. The Kier molecular flexibility index (Phi) is 5.06. The van der Waals surface area contributed by atoms with Crippen LogP contribution < -0.4 is 0 Å². The van der Waals surface area contributed by atoms with Crippen LogP contribution in [-0.4, -0.2) is 49.8 Å². The number of carbonyl (C=O) groups is 2. The minimum absolute atomic E-state index is 0.00751. The lowest BCUT2D eigenvalue weighted by Crippen LogP contribution is -2.37. The van der Waals surface area contributed by atoms with E-state index < -0.39 is 0 Å². The summed E-state index contributed by atoms with van der Waals surface area (Å²) in [5.74, 6) is 0.543. The number of nitrogens with zero attached hydrogens (tertiary/aromatic N) is 5. The quantitative estimate of drug-likeness (QED) is 0.782. The number of carbonyl (C=O) groups excluding carboxylic acids is 2. The lowest BCUT2D eigenvalue weighted by atomic mass is 10.1. The number of aryl methyl sites for hydroxylation is 1. The second-order valence-corrected chi connectivity index (χ2v) is 6.12. The lowest BCUT2D eigenvalue weighted by molar-refractivity contribution is -0.136. The SMILES string of the molecule is CCN(Cc1nc(C)no1)C(=O)[C@@H]1CC(=O)N(Cc2cccnc2)C1. The van der Waals surface area contributed by atoms with Gasteiger partial charge in [0.15, 0.2) is 5.82 Å². The van der Waals surface area contributed by atoms with E-state index in [1.165, 1.54) is 0 Å². The average molecular weight is 343 g/mol. The Morgan fingerprint density at radius 3 is 2.96 bits per heavy atom. The highest BCUT2D eigenvalue weighted by molar-refractivity contribution is 5.89. The van der Waals surface area contributed by atoms with Crippen LogP contribution in [0.5, 0.6) is 0 Å². The van der Waals surface area contributed by atoms with E-state index >= 15 is 0 Å². The Labute approximate surface area is 145 Å². The molecular formula is C17H21N5O3. The van der Waals surface area contributed by atoms with Crippen LogP contribution in [0.15, 0.2) is 29.0 Å². The first-order chi connectivity index (χ1) is 12.1. The highest BCUT2D eigenvalue weighted by Crippen LogP contribution is 2.22. The third-order valence-corrected chi connectivity index (χ3v) is 4.25. The van der Waals surface area contributed by atoms with Gasteiger partial charge >= 0.3 is 0 Å². The van der Waals surface area contributed by atoms with Gasteiger partial charge in [0.05, 0.1) is 12.5 Å². The molecule has 2 aromatic heterocycles. The molecule has 132 valence electrons. The maximum atomic E-state index is 12.8. The molecule has 3 rings (SSSR count). The van der Waals surface area contributed by atoms with Crippen molar-refractivity contribution in [2.45, 2.75) is 33.4 Å². The second kappa shape index (κ2) is 7.42. The third kappa shape index (κ3) is 4.01. The van der Waals surface area contributed by atoms with Crippen molar-refractivity contribution in [3.8, 4) is 0 Å². The first-order valence-electron chi connectivity index (χ1n) is 8.31. The largest absolute Gasteiger partial charge is 0.337 e. The van der Waals surface area contributed by atoms with Crippen molar-refractivity contribution in [3.63, 3.8) is 0 Å². The van der Waals surface area contributed by atoms with Gasteiger partial charge in [-0.2, -0.15) is 4.98 Å². The van der Waals surface area contributed by atoms with Crippen LogP contribution in [0.3, 0.4) is 0 Å². The zero-order valence-corrected chi connectivity index (χ0v) is 14.4. The van der Waals surface area contributed by atoms with Crippen molar-refractivity contribution >= 4 is 11.8 Å². The van der Waals surface area contributed by atoms with E-state index in [2.05, 4.69) is 15.1 Å². The molecule has 0 N–H and O–H groups in total. The Balaban J connectivity index is 1.62. The summed E-state index contributed by atoms with van der Waals surface area (Å²) in [6.45, 7) is 5.32. The summed E-state index contributed by atoms with van der Waals surface area (Å²) in [6.07, 6.45) is 3.66. The third-order valence-electron chi connectivity index (χ3n) is 4.25. The molecule has 2 aromatic rings. The molecule has 0 aromatic carbocycles. The van der Waals surface area contributed by atoms with E-state index in [9.17, 15) is 9.59 Å². The monoisotopic (exact) mass is 343 g/mol. The molecule has 1 aliphatic heterocycles. The van der Waals surface area contributed by atoms with Crippen LogP contribution >= 0.6 is 0 Å². The normalized spacial score (nSPS) is 17.1. The van der Waals surface area contributed by atoms with E-state index in [0.29, 0.717) is 31.3 Å². The van der Waals surface area contributed by atoms with Crippen LogP contribution in [0.2, 0.25) is 0 Å². The fraction of sp³-hybridized carbons (Fsp3) is 0.471. The number of hydrogen-bond acceptors (Lipinski definition) is 6. The fourth-order valence-electron chi connectivity index (χ4n) is 2.97. The number of aromatic nitrogens is 3. The van der Waals surface area contributed by atoms with Gasteiger partial charge in [-0.1, -0.05) is 11.2 Å². The minimum Gasteiger partial charge on any atom is -0.337 e. The first-order valence-corrected chi connectivity index (χ1v) is 8.31. The molecule has 2 amide bonds. The number of likely N-dealkylation sites (tertiary alicyclic amines) is 1. The summed E-state index contributed by atoms with van der Waals surface area (Å²) in [5, 5.41) is 3.74. The molecule has 0 radical (unpaired) electrons. The minimum atomic E-state index is -0.340. The number of hydrogen-bond donors (Lipinski definition) is 0. The molecule has 8 heteroatoms. The summed E-state index contributed by atoms with van der Waals surface area (Å²) < 4.78 is 5.09. The predicted octanol–water partition coefficient (Wildman–Crippen LogP) is 1.17. The van der Waals surface area contributed by atoms with Gasteiger partial charge in [0.25, 0.3) is 0 Å². The maximum Gasteiger partial charge on any atom is 0.246 e. The van der Waals surface area contributed by atoms with Crippen molar-refractivity contribution in [2.24, 2.45) is 5.92 Å². The van der Waals surface area contributed by atoms with Crippen molar-refractivity contribution < 1.29 is 14.1 Å². The molecule has 0 saturated carbocycles. The fourth-order valence-corrected chi connectivity index (χ4v) is 2.97. The van der Waals surface area contributed by atoms with Gasteiger partial charge in [-0.15, -0.1) is 0 Å². The van der Waals surface area contributed by atoms with Crippen LogP contribution in [0.1, 0.15) is 30.6 Å². The van der Waals surface area contributed by atoms with Crippen LogP contribution in [0.4, 0.5) is 0 Å². The molecule has 1 aliphatic rings. The van der Waals surface area contributed by atoms with Gasteiger partial charge < -0.3 is 14.3 Å². The van der Waals surface area contributed by atoms with Crippen molar-refractivity contribution in [2.75, 3.05) is 13.1 Å². The van der Waals surface area contributed by atoms with E-state index in [-0.39, 0.29) is 30.7 Å². The molecule has 0 spiro atoms. The zero-order valence-electron chi connectivity index (χ0n) is 14.4. The molecule has 25 heavy (non-hydrogen) atoms. The van der Waals surface area contributed by atoms with Crippen molar-refractivity contribution in [3.05, 3.63) is 41.8 Å². The van der Waals surface area contributed by atoms with Gasteiger partial charge in [0, 0.05) is 38.4 Å². The summed E-state index contributed by atoms with van der Waals surface area (Å²) in [4.78, 5) is 36.6. The Morgan fingerprint density at radius 1 is 1.48 bits per heavy atom. The molecule has 1 atom stereocenters. The molecule has 3 heterocycles. The standard InChI is InChI=1S/C17H21N5O3/c1-3-21(11-15-19-12(2)20-25-15)17(24)14-7-16(23)22(10-14)9-13-5-4-6-18-8-13/h4-6,8,14H,3,7,9-11H2,1-2H3/t14-/m1/s1. The smallest absolute Gasteiger partial charge is 0.246 e. The molecule has 0 unspecified atom stereocenters. The van der Waals surface area contributed by atoms with Gasteiger partial charge in [-0.05, 0) is 25.5 Å². The molecule has 0 bridgehead atoms. The van der Waals surface area contributed by atoms with Crippen molar-refractivity contribution in [1.29, 1.82) is 0 Å². The summed E-state index contributed by atoms with van der Waals surface area (Å²) in [5.41, 5.74) is 0.956. The average Bonchev–Trinajstić information content (AvgIpc) is 3.19. The molecular weight excluding hydrogens is 322 g/mol. The highest BCUT2D eigenvalue weighted by atomic mass is 16.5. The van der Waals surface area contributed by atoms with E-state index in [0.717, 1.165) is 5.56 Å². The maximum absolute atomic E-state index is 12.8. The van der Waals surface area contributed by atoms with E-state index in [4.69, 9.17) is 4.52 Å². The molecule has 8 nitrogen and oxygen atoms in total. The van der Waals surface area contributed by atoms with Crippen LogP contribution in [0, 0.1) is 12.8 Å². The Morgan fingerprint density at radius 2 is 2.32 bits per heavy atom. The Bertz CT molecular complexity index is 746. The molecule has 0 aliphatic carbocycles. The van der Waals surface area contributed by atoms with Gasteiger partial charge in [-0.25, -0.2) is 0 Å². The van der Waals surface area contributed by atoms with E-state index in [1.54, 1.807) is 29.1 Å². The Hall–Kier alpha value is -2.77. The second-order valence-electron chi connectivity index (χ2n) is 6.12. The van der Waals surface area contributed by atoms with Gasteiger partial charge in [0.1, 0.15) is 0 Å². The molecule has 1 saturated heterocycles. The zero-order chi connectivity index (χ0) is 17.8. The van der Waals surface area contributed by atoms with Crippen molar-refractivity contribution in [1.82, 2.24) is 24.9 Å². The van der Waals surface area contributed by atoms with Crippen LogP contribution in [-0.2, 0) is 22.7 Å². The topological polar surface area (TPSA) is 92.4 Å². The lowest BCUT2D eigenvalue weighted by Gasteiger charge is -2.22. The highest BCUT2D eigenvalue weighted by Gasteiger charge is 2.36. The number of pyridine rings is 1. The summed E-state index contributed by atoms with van der Waals surface area (Å²) in [6, 6.07) is 3.76. The first kappa shape index (κ1) is 17.1. The van der Waals surface area contributed by atoms with Gasteiger partial charge in [-0.3, -0.25) is 14.6 Å². The van der Waals surface area contributed by atoms with E-state index in [1.807, 2.05) is 19.1 Å². The number of amides is 2. The predicted molar refractivity (Wildman–Crippen MR) is 87.9 cm³/mol. The van der Waals surface area contributed by atoms with Gasteiger partial charge in [0.2, 0.25) is 17.7 Å². The molecule has 1 fully saturated rings.